The second-order valence-electron chi connectivity index (χ2n) is 8.35. The molecule has 0 amide bonds. The van der Waals surface area contributed by atoms with E-state index in [-0.39, 0.29) is 6.16 Å². The number of unbranched alkanes of at least 4 members (excludes halogenated alkanes) is 15. The van der Waals surface area contributed by atoms with Crippen LogP contribution in [0.4, 0.5) is 0 Å². The van der Waals surface area contributed by atoms with Crippen molar-refractivity contribution in [3.63, 3.8) is 0 Å². The molecule has 0 aromatic rings. The fraction of sp³-hybridized carbons (Fsp3) is 1.00. The molecule has 4 nitrogen and oxygen atoms in total. The Morgan fingerprint density at radius 3 is 1.30 bits per heavy atom. The highest BCUT2D eigenvalue weighted by Crippen LogP contribution is 2.34. The average Bonchev–Trinajstić information content (AvgIpc) is 2.60. The second-order valence-corrected chi connectivity index (χ2v) is 10.1. The maximum atomic E-state index is 10.8. The van der Waals surface area contributed by atoms with Crippen molar-refractivity contribution in [3.8, 4) is 0 Å². The Balaban J connectivity index is 3.15. The molecule has 0 aliphatic rings. The van der Waals surface area contributed by atoms with E-state index in [9.17, 15) is 4.57 Å². The highest BCUT2D eigenvalue weighted by molar-refractivity contribution is 7.51. The molecule has 5 heteroatoms. The van der Waals surface area contributed by atoms with Gasteiger partial charge >= 0.3 is 7.60 Å². The lowest BCUT2D eigenvalue weighted by Crippen LogP contribution is -2.21. The molecule has 0 rings (SSSR count). The van der Waals surface area contributed by atoms with Crippen LogP contribution in [-0.2, 0) is 4.57 Å². The topological polar surface area (TPSA) is 60.8 Å². The van der Waals surface area contributed by atoms with Gasteiger partial charge in [0.05, 0.1) is 6.16 Å². The first-order chi connectivity index (χ1) is 13.0. The van der Waals surface area contributed by atoms with Gasteiger partial charge in [-0.15, -0.1) is 0 Å². The summed E-state index contributed by atoms with van der Waals surface area (Å²) in [6, 6.07) is 0. The summed E-state index contributed by atoms with van der Waals surface area (Å²) in [6.45, 7) is 4.10. The molecule has 0 fully saturated rings. The Bertz CT molecular complexity index is 346. The smallest absolute Gasteiger partial charge is 0.324 e. The first kappa shape index (κ1) is 27.1. The molecule has 0 aliphatic heterocycles. The van der Waals surface area contributed by atoms with Crippen LogP contribution < -0.4 is 0 Å². The molecule has 0 bridgehead atoms. The van der Waals surface area contributed by atoms with Gasteiger partial charge in [0.1, 0.15) is 0 Å². The lowest BCUT2D eigenvalue weighted by molar-refractivity contribution is 0.317. The van der Waals surface area contributed by atoms with Gasteiger partial charge < -0.3 is 14.7 Å². The van der Waals surface area contributed by atoms with Crippen LogP contribution in [0.15, 0.2) is 0 Å². The zero-order valence-electron chi connectivity index (χ0n) is 18.3. The van der Waals surface area contributed by atoms with Gasteiger partial charge in [0.15, 0.2) is 0 Å². The van der Waals surface area contributed by atoms with Gasteiger partial charge in [-0.2, -0.15) is 0 Å². The van der Waals surface area contributed by atoms with E-state index >= 15 is 0 Å². The van der Waals surface area contributed by atoms with Crippen molar-refractivity contribution in [2.45, 2.75) is 116 Å². The van der Waals surface area contributed by atoms with Crippen molar-refractivity contribution in [1.82, 2.24) is 4.90 Å². The molecule has 0 radical (unpaired) electrons. The van der Waals surface area contributed by atoms with E-state index in [2.05, 4.69) is 11.8 Å². The minimum absolute atomic E-state index is 0.0102. The summed E-state index contributed by atoms with van der Waals surface area (Å²) in [4.78, 5) is 19.9. The molecule has 0 spiro atoms. The molecule has 0 atom stereocenters. The van der Waals surface area contributed by atoms with Crippen LogP contribution in [0, 0.1) is 0 Å². The monoisotopic (exact) mass is 405 g/mol. The average molecular weight is 406 g/mol. The maximum absolute atomic E-state index is 10.8. The van der Waals surface area contributed by atoms with Gasteiger partial charge in [-0.05, 0) is 33.0 Å². The normalized spacial score (nSPS) is 12.2. The molecule has 0 aliphatic carbocycles. The molecule has 0 unspecified atom stereocenters. The fourth-order valence-corrected chi connectivity index (χ4v) is 4.14. The van der Waals surface area contributed by atoms with E-state index in [4.69, 9.17) is 9.79 Å². The van der Waals surface area contributed by atoms with Crippen LogP contribution in [0.3, 0.4) is 0 Å². The quantitative estimate of drug-likeness (QED) is 0.164. The van der Waals surface area contributed by atoms with Gasteiger partial charge in [-0.1, -0.05) is 103 Å². The summed E-state index contributed by atoms with van der Waals surface area (Å²) in [5.41, 5.74) is 0. The van der Waals surface area contributed by atoms with Crippen molar-refractivity contribution >= 4 is 7.60 Å². The highest BCUT2D eigenvalue weighted by Gasteiger charge is 2.12. The Morgan fingerprint density at radius 2 is 0.926 bits per heavy atom. The Morgan fingerprint density at radius 1 is 0.593 bits per heavy atom. The highest BCUT2D eigenvalue weighted by atomic mass is 31.2. The third-order valence-electron chi connectivity index (χ3n) is 5.38. The largest absolute Gasteiger partial charge is 0.325 e. The van der Waals surface area contributed by atoms with Crippen molar-refractivity contribution in [2.75, 3.05) is 26.3 Å². The standard InChI is InChI=1S/C22H48NO3P/c1-3-4-5-6-7-8-9-10-11-12-13-14-15-16-17-18-20-23(2)21-19-22-27(24,25)26/h3-22H2,1-2H3,(H2,24,25,26). The Kier molecular flexibility index (Phi) is 19.5. The number of hydrogen-bond acceptors (Lipinski definition) is 2. The van der Waals surface area contributed by atoms with Gasteiger partial charge in [0.25, 0.3) is 0 Å². The zero-order chi connectivity index (χ0) is 20.2. The predicted octanol–water partition coefficient (Wildman–Crippen LogP) is 6.75. The SMILES string of the molecule is CCCCCCCCCCCCCCCCCCN(C)CCCP(=O)(O)O. The maximum Gasteiger partial charge on any atom is 0.325 e. The van der Waals surface area contributed by atoms with Crippen LogP contribution in [0.2, 0.25) is 0 Å². The van der Waals surface area contributed by atoms with Crippen molar-refractivity contribution in [1.29, 1.82) is 0 Å². The predicted molar refractivity (Wildman–Crippen MR) is 119 cm³/mol. The summed E-state index contributed by atoms with van der Waals surface area (Å²) in [5.74, 6) is 0. The number of hydrogen-bond donors (Lipinski definition) is 2. The minimum Gasteiger partial charge on any atom is -0.324 e. The number of nitrogens with zero attached hydrogens (tertiary/aromatic N) is 1. The van der Waals surface area contributed by atoms with Crippen molar-refractivity contribution < 1.29 is 14.4 Å². The first-order valence-corrected chi connectivity index (χ1v) is 13.5. The zero-order valence-corrected chi connectivity index (χ0v) is 19.2. The van der Waals surface area contributed by atoms with E-state index in [1.807, 2.05) is 7.05 Å². The van der Waals surface area contributed by atoms with E-state index in [1.165, 1.54) is 103 Å². The third kappa shape index (κ3) is 24.1. The molecule has 0 heterocycles. The first-order valence-electron chi connectivity index (χ1n) is 11.7. The summed E-state index contributed by atoms with van der Waals surface area (Å²) >= 11 is 0. The minimum atomic E-state index is -3.81. The van der Waals surface area contributed by atoms with Crippen LogP contribution >= 0.6 is 7.60 Å². The third-order valence-corrected chi connectivity index (χ3v) is 6.28. The molecule has 164 valence electrons. The summed E-state index contributed by atoms with van der Waals surface area (Å²) < 4.78 is 10.8. The van der Waals surface area contributed by atoms with E-state index < -0.39 is 7.60 Å². The van der Waals surface area contributed by atoms with Gasteiger partial charge in [-0.3, -0.25) is 4.57 Å². The summed E-state index contributed by atoms with van der Waals surface area (Å²) in [7, 11) is -1.77. The van der Waals surface area contributed by atoms with Gasteiger partial charge in [-0.25, -0.2) is 0 Å². The summed E-state index contributed by atoms with van der Waals surface area (Å²) in [5, 5.41) is 0. The number of rotatable bonds is 21. The van der Waals surface area contributed by atoms with Gasteiger partial charge in [0.2, 0.25) is 0 Å². The molecule has 0 saturated heterocycles. The molecule has 0 aromatic heterocycles. The Labute approximate surface area is 169 Å². The van der Waals surface area contributed by atoms with Crippen LogP contribution in [-0.4, -0.2) is 41.0 Å². The fourth-order valence-electron chi connectivity index (χ4n) is 3.59. The molecule has 27 heavy (non-hydrogen) atoms. The molecular weight excluding hydrogens is 357 g/mol. The van der Waals surface area contributed by atoms with E-state index in [1.54, 1.807) is 0 Å². The molecular formula is C22H48NO3P. The molecule has 2 N–H and O–H groups in total. The van der Waals surface area contributed by atoms with Crippen LogP contribution in [0.1, 0.15) is 116 Å². The van der Waals surface area contributed by atoms with E-state index in [0.29, 0.717) is 6.42 Å². The lowest BCUT2D eigenvalue weighted by Gasteiger charge is -2.16. The lowest BCUT2D eigenvalue weighted by atomic mass is 10.0. The van der Waals surface area contributed by atoms with Crippen molar-refractivity contribution in [3.05, 3.63) is 0 Å². The molecule has 0 saturated carbocycles. The van der Waals surface area contributed by atoms with Crippen LogP contribution in [0.5, 0.6) is 0 Å². The van der Waals surface area contributed by atoms with Crippen LogP contribution in [0.25, 0.3) is 0 Å². The molecule has 0 aromatic carbocycles. The van der Waals surface area contributed by atoms with E-state index in [0.717, 1.165) is 13.1 Å². The van der Waals surface area contributed by atoms with Crippen molar-refractivity contribution in [2.24, 2.45) is 0 Å². The summed E-state index contributed by atoms with van der Waals surface area (Å²) in [6.07, 6.45) is 22.8. The second kappa shape index (κ2) is 19.4. The van der Waals surface area contributed by atoms with Gasteiger partial charge in [0, 0.05) is 0 Å². The Hall–Kier alpha value is 0.110.